The summed E-state index contributed by atoms with van der Waals surface area (Å²) in [5, 5.41) is 3.58. The van der Waals surface area contributed by atoms with Gasteiger partial charge in [-0.2, -0.15) is 0 Å². The van der Waals surface area contributed by atoms with Gasteiger partial charge in [0.1, 0.15) is 5.82 Å². The summed E-state index contributed by atoms with van der Waals surface area (Å²) in [5.41, 5.74) is 5.91. The maximum Gasteiger partial charge on any atom is 0.360 e. The largest absolute Gasteiger partial charge is 0.461 e. The van der Waals surface area contributed by atoms with Gasteiger partial charge in [0.05, 0.1) is 25.7 Å². The SMILES string of the molecule is CCOC(=O)c1ncn(Cc2ccno2)c1N. The van der Waals surface area contributed by atoms with Crippen LogP contribution in [0.3, 0.4) is 0 Å². The van der Waals surface area contributed by atoms with Crippen LogP contribution in [0.25, 0.3) is 0 Å². The van der Waals surface area contributed by atoms with Crippen molar-refractivity contribution in [3.63, 3.8) is 0 Å². The average Bonchev–Trinajstić information content (AvgIpc) is 2.91. The summed E-state index contributed by atoms with van der Waals surface area (Å²) in [6.45, 7) is 2.38. The molecule has 0 amide bonds. The molecule has 0 spiro atoms. The lowest BCUT2D eigenvalue weighted by Crippen LogP contribution is -2.10. The van der Waals surface area contributed by atoms with Crippen LogP contribution in [0.2, 0.25) is 0 Å². The van der Waals surface area contributed by atoms with Crippen molar-refractivity contribution in [2.45, 2.75) is 13.5 Å². The summed E-state index contributed by atoms with van der Waals surface area (Å²) >= 11 is 0. The van der Waals surface area contributed by atoms with E-state index in [1.807, 2.05) is 0 Å². The van der Waals surface area contributed by atoms with Gasteiger partial charge in [0.15, 0.2) is 11.5 Å². The molecular weight excluding hydrogens is 224 g/mol. The van der Waals surface area contributed by atoms with Crippen LogP contribution in [-0.4, -0.2) is 27.3 Å². The molecule has 2 rings (SSSR count). The quantitative estimate of drug-likeness (QED) is 0.784. The van der Waals surface area contributed by atoms with E-state index in [4.69, 9.17) is 15.0 Å². The highest BCUT2D eigenvalue weighted by Gasteiger charge is 2.17. The number of nitrogens with zero attached hydrogens (tertiary/aromatic N) is 3. The Hall–Kier alpha value is -2.31. The van der Waals surface area contributed by atoms with Crippen LogP contribution < -0.4 is 5.73 Å². The van der Waals surface area contributed by atoms with Crippen molar-refractivity contribution in [2.24, 2.45) is 0 Å². The second kappa shape index (κ2) is 4.69. The van der Waals surface area contributed by atoms with Gasteiger partial charge in [-0.15, -0.1) is 0 Å². The van der Waals surface area contributed by atoms with Crippen molar-refractivity contribution < 1.29 is 14.1 Å². The van der Waals surface area contributed by atoms with Gasteiger partial charge >= 0.3 is 5.97 Å². The molecule has 0 aliphatic heterocycles. The molecule has 0 radical (unpaired) electrons. The van der Waals surface area contributed by atoms with Gasteiger partial charge in [0, 0.05) is 6.07 Å². The first-order chi connectivity index (χ1) is 8.22. The van der Waals surface area contributed by atoms with Crippen LogP contribution in [0.1, 0.15) is 23.2 Å². The number of esters is 1. The minimum absolute atomic E-state index is 0.117. The van der Waals surface area contributed by atoms with E-state index in [-0.39, 0.29) is 18.1 Å². The first-order valence-electron chi connectivity index (χ1n) is 5.09. The zero-order chi connectivity index (χ0) is 12.3. The Labute approximate surface area is 97.2 Å². The third kappa shape index (κ3) is 2.27. The van der Waals surface area contributed by atoms with E-state index in [2.05, 4.69) is 10.1 Å². The van der Waals surface area contributed by atoms with Gasteiger partial charge < -0.3 is 19.6 Å². The van der Waals surface area contributed by atoms with Crippen LogP contribution in [0.5, 0.6) is 0 Å². The van der Waals surface area contributed by atoms with Crippen molar-refractivity contribution in [3.05, 3.63) is 30.0 Å². The molecule has 7 nitrogen and oxygen atoms in total. The summed E-state index contributed by atoms with van der Waals surface area (Å²) < 4.78 is 11.4. The molecule has 2 aromatic heterocycles. The number of anilines is 1. The highest BCUT2D eigenvalue weighted by Crippen LogP contribution is 2.13. The van der Waals surface area contributed by atoms with E-state index < -0.39 is 5.97 Å². The Bertz CT molecular complexity index is 504. The van der Waals surface area contributed by atoms with Crippen LogP contribution in [0, 0.1) is 0 Å². The molecule has 0 unspecified atom stereocenters. The normalized spacial score (nSPS) is 10.4. The van der Waals surface area contributed by atoms with Gasteiger partial charge in [-0.3, -0.25) is 0 Å². The van der Waals surface area contributed by atoms with Crippen molar-refractivity contribution in [3.8, 4) is 0 Å². The van der Waals surface area contributed by atoms with Crippen molar-refractivity contribution in [1.82, 2.24) is 14.7 Å². The monoisotopic (exact) mass is 236 g/mol. The smallest absolute Gasteiger partial charge is 0.360 e. The molecule has 0 fully saturated rings. The number of carbonyl (C=O) groups excluding carboxylic acids is 1. The molecule has 0 aliphatic rings. The summed E-state index contributed by atoms with van der Waals surface area (Å²) in [6.07, 6.45) is 3.00. The van der Waals surface area contributed by atoms with Crippen molar-refractivity contribution in [1.29, 1.82) is 0 Å². The molecule has 2 heterocycles. The second-order valence-corrected chi connectivity index (χ2v) is 3.31. The van der Waals surface area contributed by atoms with Crippen molar-refractivity contribution in [2.75, 3.05) is 12.3 Å². The third-order valence-electron chi connectivity index (χ3n) is 2.16. The number of rotatable bonds is 4. The van der Waals surface area contributed by atoms with E-state index >= 15 is 0 Å². The van der Waals surface area contributed by atoms with Crippen LogP contribution in [0.4, 0.5) is 5.82 Å². The minimum atomic E-state index is -0.527. The number of ether oxygens (including phenoxy) is 1. The topological polar surface area (TPSA) is 96.2 Å². The molecule has 0 aromatic carbocycles. The number of imidazole rings is 1. The Kier molecular flexibility index (Phi) is 3.08. The Morgan fingerprint density at radius 2 is 2.47 bits per heavy atom. The average molecular weight is 236 g/mol. The van der Waals surface area contributed by atoms with Crippen LogP contribution >= 0.6 is 0 Å². The zero-order valence-corrected chi connectivity index (χ0v) is 9.29. The second-order valence-electron chi connectivity index (χ2n) is 3.31. The number of hydrogen-bond acceptors (Lipinski definition) is 6. The molecular formula is C10H12N4O3. The first-order valence-corrected chi connectivity index (χ1v) is 5.09. The molecule has 90 valence electrons. The maximum atomic E-state index is 11.5. The minimum Gasteiger partial charge on any atom is -0.461 e. The lowest BCUT2D eigenvalue weighted by molar-refractivity contribution is 0.0521. The molecule has 0 atom stereocenters. The highest BCUT2D eigenvalue weighted by atomic mass is 16.5. The molecule has 0 saturated carbocycles. The van der Waals surface area contributed by atoms with Gasteiger partial charge in [0.25, 0.3) is 0 Å². The van der Waals surface area contributed by atoms with Gasteiger partial charge in [-0.25, -0.2) is 9.78 Å². The number of aromatic nitrogens is 3. The number of hydrogen-bond donors (Lipinski definition) is 1. The Morgan fingerprint density at radius 3 is 3.12 bits per heavy atom. The van der Waals surface area contributed by atoms with Gasteiger partial charge in [-0.05, 0) is 6.92 Å². The summed E-state index contributed by atoms with van der Waals surface area (Å²) in [6, 6.07) is 1.71. The number of carbonyl (C=O) groups is 1. The van der Waals surface area contributed by atoms with Crippen LogP contribution in [0.15, 0.2) is 23.1 Å². The molecule has 0 bridgehead atoms. The molecule has 17 heavy (non-hydrogen) atoms. The molecule has 2 N–H and O–H groups in total. The molecule has 2 aromatic rings. The zero-order valence-electron chi connectivity index (χ0n) is 9.29. The highest BCUT2D eigenvalue weighted by molar-refractivity contribution is 5.92. The van der Waals surface area contributed by atoms with E-state index in [0.29, 0.717) is 12.3 Å². The van der Waals surface area contributed by atoms with Crippen molar-refractivity contribution >= 4 is 11.8 Å². The fourth-order valence-electron chi connectivity index (χ4n) is 1.37. The lowest BCUT2D eigenvalue weighted by Gasteiger charge is -2.02. The van der Waals surface area contributed by atoms with Crippen LogP contribution in [-0.2, 0) is 11.3 Å². The fraction of sp³-hybridized carbons (Fsp3) is 0.300. The Balaban J connectivity index is 2.18. The Morgan fingerprint density at radius 1 is 1.65 bits per heavy atom. The summed E-state index contributed by atoms with van der Waals surface area (Å²) in [5.74, 6) is 0.352. The predicted octanol–water partition coefficient (Wildman–Crippen LogP) is 0.678. The standard InChI is InChI=1S/C10H12N4O3/c1-2-16-10(15)8-9(11)14(6-12-8)5-7-3-4-13-17-7/h3-4,6H,2,5,11H2,1H3. The molecule has 0 saturated heterocycles. The molecule has 7 heteroatoms. The van der Waals surface area contributed by atoms with Gasteiger partial charge in [0.2, 0.25) is 0 Å². The summed E-state index contributed by atoms with van der Waals surface area (Å²) in [7, 11) is 0. The van der Waals surface area contributed by atoms with E-state index in [1.165, 1.54) is 12.5 Å². The van der Waals surface area contributed by atoms with E-state index in [1.54, 1.807) is 17.6 Å². The van der Waals surface area contributed by atoms with Gasteiger partial charge in [-0.1, -0.05) is 5.16 Å². The van der Waals surface area contributed by atoms with E-state index in [9.17, 15) is 4.79 Å². The predicted molar refractivity (Wildman–Crippen MR) is 58.2 cm³/mol. The number of nitrogen functional groups attached to an aromatic ring is 1. The number of nitrogens with two attached hydrogens (primary N) is 1. The fourth-order valence-corrected chi connectivity index (χ4v) is 1.37. The lowest BCUT2D eigenvalue weighted by atomic mass is 10.4. The first kappa shape index (κ1) is 11.2. The summed E-state index contributed by atoms with van der Waals surface area (Å²) in [4.78, 5) is 15.4. The molecule has 0 aliphatic carbocycles. The van der Waals surface area contributed by atoms with E-state index in [0.717, 1.165) is 0 Å². The third-order valence-corrected chi connectivity index (χ3v) is 2.16. The maximum absolute atomic E-state index is 11.5.